The molecule has 0 amide bonds. The Balaban J connectivity index is 2.38. The van der Waals surface area contributed by atoms with Crippen LogP contribution in [0.1, 0.15) is 0 Å². The van der Waals surface area contributed by atoms with Gasteiger partial charge in [-0.1, -0.05) is 12.1 Å². The van der Waals surface area contributed by atoms with Crippen molar-refractivity contribution in [1.82, 2.24) is 0 Å². The van der Waals surface area contributed by atoms with Gasteiger partial charge in [-0.3, -0.25) is 0 Å². The summed E-state index contributed by atoms with van der Waals surface area (Å²) in [6, 6.07) is 9.72. The molecule has 0 atom stereocenters. The van der Waals surface area contributed by atoms with Crippen molar-refractivity contribution in [3.8, 4) is 5.75 Å². The Morgan fingerprint density at radius 2 is 2.17 bits per heavy atom. The molecule has 3 heteroatoms. The van der Waals surface area contributed by atoms with Crippen LogP contribution in [0.25, 0.3) is 0 Å². The molecule has 0 aliphatic heterocycles. The number of hydrogen-bond donors (Lipinski definition) is 0. The predicted octanol–water partition coefficient (Wildman–Crippen LogP) is 1.04. The normalized spacial score (nSPS) is 9.08. The van der Waals surface area contributed by atoms with Crippen LogP contribution in [0.2, 0.25) is 0 Å². The average molecular weight is 165 g/mol. The van der Waals surface area contributed by atoms with Gasteiger partial charge in [0, 0.05) is 0 Å². The van der Waals surface area contributed by atoms with Crippen molar-refractivity contribution in [2.45, 2.75) is 0 Å². The third-order valence-electron chi connectivity index (χ3n) is 1.27. The molecule has 12 heavy (non-hydrogen) atoms. The summed E-state index contributed by atoms with van der Waals surface area (Å²) in [4.78, 5) is 10.6. The first-order chi connectivity index (χ1) is 5.83. The number of carbonyl (C=O) groups is 1. The topological polar surface area (TPSA) is 35.5 Å². The summed E-state index contributed by atoms with van der Waals surface area (Å²) in [5, 5.41) is 0. The Morgan fingerprint density at radius 1 is 1.50 bits per heavy atom. The van der Waals surface area contributed by atoms with Gasteiger partial charge in [0.25, 0.3) is 0 Å². The van der Waals surface area contributed by atoms with Crippen molar-refractivity contribution in [1.29, 1.82) is 0 Å². The van der Waals surface area contributed by atoms with E-state index in [4.69, 9.17) is 4.74 Å². The van der Waals surface area contributed by atoms with Crippen molar-refractivity contribution in [3.05, 3.63) is 30.3 Å². The van der Waals surface area contributed by atoms with E-state index in [9.17, 15) is 4.79 Å². The molecular formula is C9H9O3. The quantitative estimate of drug-likeness (QED) is 0.628. The van der Waals surface area contributed by atoms with E-state index < -0.39 is 0 Å². The lowest BCUT2D eigenvalue weighted by molar-refractivity contribution is -0.142. The fourth-order valence-corrected chi connectivity index (χ4v) is 0.669. The first kappa shape index (κ1) is 8.59. The molecule has 0 fully saturated rings. The predicted molar refractivity (Wildman–Crippen MR) is 42.8 cm³/mol. The second-order valence-electron chi connectivity index (χ2n) is 2.10. The van der Waals surface area contributed by atoms with Crippen molar-refractivity contribution >= 4 is 5.97 Å². The summed E-state index contributed by atoms with van der Waals surface area (Å²) in [5.41, 5.74) is 0. The second kappa shape index (κ2) is 4.38. The van der Waals surface area contributed by atoms with Crippen molar-refractivity contribution in [2.24, 2.45) is 0 Å². The molecule has 0 spiro atoms. The van der Waals surface area contributed by atoms with Gasteiger partial charge in [0.1, 0.15) is 5.75 Å². The molecule has 1 aromatic rings. The molecule has 0 saturated heterocycles. The van der Waals surface area contributed by atoms with Gasteiger partial charge >= 0.3 is 5.97 Å². The molecule has 0 bridgehead atoms. The van der Waals surface area contributed by atoms with E-state index in [1.807, 2.05) is 0 Å². The molecule has 0 aliphatic rings. The third-order valence-corrected chi connectivity index (χ3v) is 1.27. The van der Waals surface area contributed by atoms with Gasteiger partial charge in [-0.15, -0.1) is 0 Å². The maximum Gasteiger partial charge on any atom is 0.343 e. The van der Waals surface area contributed by atoms with Crippen molar-refractivity contribution < 1.29 is 14.3 Å². The number of hydrogen-bond acceptors (Lipinski definition) is 3. The Hall–Kier alpha value is -1.51. The van der Waals surface area contributed by atoms with Crippen LogP contribution in [0.15, 0.2) is 24.3 Å². The molecular weight excluding hydrogens is 156 g/mol. The minimum absolute atomic E-state index is 0.0550. The third kappa shape index (κ3) is 2.62. The summed E-state index contributed by atoms with van der Waals surface area (Å²) in [5.74, 6) is 0.252. The largest absolute Gasteiger partial charge is 0.482 e. The van der Waals surface area contributed by atoms with Crippen molar-refractivity contribution in [2.75, 3.05) is 13.7 Å². The number of rotatable bonds is 3. The highest BCUT2D eigenvalue weighted by Gasteiger charge is 1.99. The maximum atomic E-state index is 10.6. The van der Waals surface area contributed by atoms with E-state index in [2.05, 4.69) is 10.8 Å². The number of esters is 1. The fraction of sp³-hybridized carbons (Fsp3) is 0.222. The SMILES string of the molecule is COC(=O)COc1cc[c]cc1. The van der Waals surface area contributed by atoms with Gasteiger partial charge in [-0.05, 0) is 18.2 Å². The summed E-state index contributed by atoms with van der Waals surface area (Å²) in [6.45, 7) is -0.0550. The molecule has 1 aromatic carbocycles. The van der Waals surface area contributed by atoms with Crippen LogP contribution in [0.5, 0.6) is 5.75 Å². The Labute approximate surface area is 70.9 Å². The molecule has 63 valence electrons. The molecule has 0 aliphatic carbocycles. The molecule has 0 aromatic heterocycles. The lowest BCUT2D eigenvalue weighted by Gasteiger charge is -2.02. The van der Waals surface area contributed by atoms with Crippen LogP contribution < -0.4 is 4.74 Å². The summed E-state index contributed by atoms with van der Waals surface area (Å²) in [6.07, 6.45) is 0. The summed E-state index contributed by atoms with van der Waals surface area (Å²) in [7, 11) is 1.32. The minimum Gasteiger partial charge on any atom is -0.482 e. The number of methoxy groups -OCH3 is 1. The Morgan fingerprint density at radius 3 is 2.75 bits per heavy atom. The average Bonchev–Trinajstić information content (AvgIpc) is 2.16. The van der Waals surface area contributed by atoms with Crippen molar-refractivity contribution in [3.63, 3.8) is 0 Å². The standard InChI is InChI=1S/C9H9O3/c1-11-9(10)7-12-8-5-3-2-4-6-8/h3-6H,7H2,1H3. The first-order valence-electron chi connectivity index (χ1n) is 3.48. The highest BCUT2D eigenvalue weighted by Crippen LogP contribution is 2.07. The van der Waals surface area contributed by atoms with Gasteiger partial charge in [0.05, 0.1) is 7.11 Å². The van der Waals surface area contributed by atoms with E-state index in [1.54, 1.807) is 24.3 Å². The van der Waals surface area contributed by atoms with Crippen LogP contribution in [0.3, 0.4) is 0 Å². The van der Waals surface area contributed by atoms with E-state index in [1.165, 1.54) is 7.11 Å². The van der Waals surface area contributed by atoms with Gasteiger partial charge in [-0.2, -0.15) is 0 Å². The smallest absolute Gasteiger partial charge is 0.343 e. The number of carbonyl (C=O) groups excluding carboxylic acids is 1. The van der Waals surface area contributed by atoms with E-state index >= 15 is 0 Å². The highest BCUT2D eigenvalue weighted by molar-refractivity contribution is 5.70. The maximum absolute atomic E-state index is 10.6. The molecule has 0 unspecified atom stereocenters. The monoisotopic (exact) mass is 165 g/mol. The first-order valence-corrected chi connectivity index (χ1v) is 3.48. The van der Waals surface area contributed by atoms with Gasteiger partial charge < -0.3 is 9.47 Å². The lowest BCUT2D eigenvalue weighted by Crippen LogP contribution is -2.12. The lowest BCUT2D eigenvalue weighted by atomic mass is 10.3. The van der Waals surface area contributed by atoms with Crippen LogP contribution in [0.4, 0.5) is 0 Å². The zero-order valence-corrected chi connectivity index (χ0v) is 6.74. The van der Waals surface area contributed by atoms with E-state index in [0.717, 1.165) is 0 Å². The zero-order chi connectivity index (χ0) is 8.81. The fourth-order valence-electron chi connectivity index (χ4n) is 0.669. The Kier molecular flexibility index (Phi) is 3.14. The van der Waals surface area contributed by atoms with E-state index in [0.29, 0.717) is 5.75 Å². The molecule has 1 rings (SSSR count). The molecule has 0 saturated carbocycles. The number of benzene rings is 1. The number of ether oxygens (including phenoxy) is 2. The van der Waals surface area contributed by atoms with Crippen LogP contribution >= 0.6 is 0 Å². The highest BCUT2D eigenvalue weighted by atomic mass is 16.6. The molecule has 0 N–H and O–H groups in total. The summed E-state index contributed by atoms with van der Waals surface area (Å²) < 4.78 is 9.46. The van der Waals surface area contributed by atoms with Crippen LogP contribution in [0, 0.1) is 6.07 Å². The minimum atomic E-state index is -0.386. The molecule has 3 nitrogen and oxygen atoms in total. The Bertz CT molecular complexity index is 243. The van der Waals surface area contributed by atoms with Gasteiger partial charge in [0.2, 0.25) is 0 Å². The van der Waals surface area contributed by atoms with Crippen LogP contribution in [-0.4, -0.2) is 19.7 Å². The zero-order valence-electron chi connectivity index (χ0n) is 6.74. The van der Waals surface area contributed by atoms with Gasteiger partial charge in [-0.25, -0.2) is 4.79 Å². The molecule has 0 heterocycles. The van der Waals surface area contributed by atoms with E-state index in [-0.39, 0.29) is 12.6 Å². The van der Waals surface area contributed by atoms with Crippen LogP contribution in [-0.2, 0) is 9.53 Å². The second-order valence-corrected chi connectivity index (χ2v) is 2.10. The molecule has 1 radical (unpaired) electrons. The van der Waals surface area contributed by atoms with Gasteiger partial charge in [0.15, 0.2) is 6.61 Å². The summed E-state index contributed by atoms with van der Waals surface area (Å²) >= 11 is 0.